The van der Waals surface area contributed by atoms with Crippen molar-refractivity contribution >= 4 is 5.91 Å². The Hall–Kier alpha value is -1.32. The predicted molar refractivity (Wildman–Crippen MR) is 69.3 cm³/mol. The van der Waals surface area contributed by atoms with Gasteiger partial charge in [-0.1, -0.05) is 19.3 Å². The molecule has 4 nitrogen and oxygen atoms in total. The zero-order valence-corrected chi connectivity index (χ0v) is 11.0. The Labute approximate surface area is 108 Å². The number of hydrogen-bond acceptors (Lipinski definition) is 2. The number of nitrogens with zero attached hydrogens (tertiary/aromatic N) is 2. The van der Waals surface area contributed by atoms with E-state index in [-0.39, 0.29) is 5.91 Å². The Bertz CT molecular complexity index is 440. The van der Waals surface area contributed by atoms with Crippen molar-refractivity contribution < 1.29 is 4.79 Å². The highest BCUT2D eigenvalue weighted by Gasteiger charge is 2.33. The van der Waals surface area contributed by atoms with E-state index in [4.69, 9.17) is 0 Å². The Morgan fingerprint density at radius 2 is 2.11 bits per heavy atom. The van der Waals surface area contributed by atoms with Crippen molar-refractivity contribution in [2.24, 2.45) is 11.8 Å². The van der Waals surface area contributed by atoms with Gasteiger partial charge < -0.3 is 4.90 Å². The smallest absolute Gasteiger partial charge is 0.257 e. The molecule has 0 spiro atoms. The summed E-state index contributed by atoms with van der Waals surface area (Å²) in [5.74, 6) is 1.77. The standard InChI is InChI=1S/C14H21N3O/c1-10-13(8-15-16-10)14(18)17-7-6-11-4-2-3-5-12(11)9-17/h8,11-12H,2-7,9H2,1H3,(H,15,16). The quantitative estimate of drug-likeness (QED) is 0.828. The van der Waals surface area contributed by atoms with E-state index in [1.807, 2.05) is 11.8 Å². The SMILES string of the molecule is Cc1[nH]ncc1C(=O)N1CCC2CCCCC2C1. The highest BCUT2D eigenvalue weighted by Crippen LogP contribution is 2.36. The van der Waals surface area contributed by atoms with E-state index >= 15 is 0 Å². The number of piperidine rings is 1. The van der Waals surface area contributed by atoms with Crippen LogP contribution in [0.3, 0.4) is 0 Å². The van der Waals surface area contributed by atoms with Gasteiger partial charge in [0.15, 0.2) is 0 Å². The van der Waals surface area contributed by atoms with Crippen LogP contribution in [0, 0.1) is 18.8 Å². The molecule has 1 aromatic rings. The number of likely N-dealkylation sites (tertiary alicyclic amines) is 1. The average molecular weight is 247 g/mol. The molecule has 1 amide bonds. The largest absolute Gasteiger partial charge is 0.338 e. The van der Waals surface area contributed by atoms with Gasteiger partial charge in [0.25, 0.3) is 5.91 Å². The number of rotatable bonds is 1. The van der Waals surface area contributed by atoms with Crippen molar-refractivity contribution in [3.05, 3.63) is 17.5 Å². The second-order valence-corrected chi connectivity index (χ2v) is 5.75. The van der Waals surface area contributed by atoms with Crippen molar-refractivity contribution in [2.45, 2.75) is 39.0 Å². The summed E-state index contributed by atoms with van der Waals surface area (Å²) < 4.78 is 0. The fraction of sp³-hybridized carbons (Fsp3) is 0.714. The van der Waals surface area contributed by atoms with E-state index < -0.39 is 0 Å². The molecule has 1 aliphatic heterocycles. The van der Waals surface area contributed by atoms with Gasteiger partial charge >= 0.3 is 0 Å². The first-order valence-corrected chi connectivity index (χ1v) is 7.05. The Kier molecular flexibility index (Phi) is 3.10. The lowest BCUT2D eigenvalue weighted by Crippen LogP contribution is -2.44. The molecule has 18 heavy (non-hydrogen) atoms. The van der Waals surface area contributed by atoms with Gasteiger partial charge in [-0.05, 0) is 31.6 Å². The van der Waals surface area contributed by atoms with Crippen molar-refractivity contribution in [3.8, 4) is 0 Å². The Balaban J connectivity index is 1.70. The lowest BCUT2D eigenvalue weighted by Gasteiger charge is -2.41. The molecule has 3 rings (SSSR count). The first-order chi connectivity index (χ1) is 8.75. The number of fused-ring (bicyclic) bond motifs is 1. The highest BCUT2D eigenvalue weighted by atomic mass is 16.2. The summed E-state index contributed by atoms with van der Waals surface area (Å²) in [6, 6.07) is 0. The van der Waals surface area contributed by atoms with Crippen LogP contribution >= 0.6 is 0 Å². The van der Waals surface area contributed by atoms with Gasteiger partial charge in [-0.2, -0.15) is 5.10 Å². The van der Waals surface area contributed by atoms with Crippen molar-refractivity contribution in [1.82, 2.24) is 15.1 Å². The normalized spacial score (nSPS) is 27.9. The van der Waals surface area contributed by atoms with Gasteiger partial charge in [-0.15, -0.1) is 0 Å². The minimum Gasteiger partial charge on any atom is -0.338 e. The van der Waals surface area contributed by atoms with Crippen molar-refractivity contribution in [1.29, 1.82) is 0 Å². The molecule has 0 aromatic carbocycles. The molecule has 98 valence electrons. The van der Waals surface area contributed by atoms with E-state index in [9.17, 15) is 4.79 Å². The number of aromatic nitrogens is 2. The molecule has 2 fully saturated rings. The summed E-state index contributed by atoms with van der Waals surface area (Å²) in [6.07, 6.45) is 8.25. The third-order valence-electron chi connectivity index (χ3n) is 4.64. The fourth-order valence-electron chi connectivity index (χ4n) is 3.52. The van der Waals surface area contributed by atoms with E-state index in [0.29, 0.717) is 0 Å². The molecule has 0 radical (unpaired) electrons. The van der Waals surface area contributed by atoms with E-state index in [1.165, 1.54) is 32.1 Å². The molecule has 0 bridgehead atoms. The molecule has 1 saturated carbocycles. The van der Waals surface area contributed by atoms with Gasteiger partial charge in [0.05, 0.1) is 11.8 Å². The number of nitrogens with one attached hydrogen (secondary N) is 1. The number of aromatic amines is 1. The van der Waals surface area contributed by atoms with Crippen LogP contribution in [0.5, 0.6) is 0 Å². The van der Waals surface area contributed by atoms with Gasteiger partial charge in [0.1, 0.15) is 0 Å². The lowest BCUT2D eigenvalue weighted by molar-refractivity contribution is 0.0520. The predicted octanol–water partition coefficient (Wildman–Crippen LogP) is 2.37. The van der Waals surface area contributed by atoms with Gasteiger partial charge in [-0.3, -0.25) is 9.89 Å². The maximum Gasteiger partial charge on any atom is 0.257 e. The summed E-state index contributed by atoms with van der Waals surface area (Å²) in [5, 5.41) is 6.79. The molecule has 1 aliphatic carbocycles. The second kappa shape index (κ2) is 4.75. The van der Waals surface area contributed by atoms with Crippen LogP contribution in [-0.4, -0.2) is 34.1 Å². The molecule has 1 saturated heterocycles. The van der Waals surface area contributed by atoms with Crippen LogP contribution < -0.4 is 0 Å². The van der Waals surface area contributed by atoms with Crippen LogP contribution in [0.2, 0.25) is 0 Å². The van der Waals surface area contributed by atoms with E-state index in [2.05, 4.69) is 10.2 Å². The molecule has 4 heteroatoms. The molecule has 2 unspecified atom stereocenters. The molecular weight excluding hydrogens is 226 g/mol. The third kappa shape index (κ3) is 2.04. The zero-order valence-electron chi connectivity index (χ0n) is 11.0. The summed E-state index contributed by atoms with van der Waals surface area (Å²) in [6.45, 7) is 3.78. The Morgan fingerprint density at radius 3 is 2.83 bits per heavy atom. The molecule has 2 heterocycles. The van der Waals surface area contributed by atoms with Gasteiger partial charge in [0, 0.05) is 18.8 Å². The average Bonchev–Trinajstić information content (AvgIpc) is 2.83. The minimum atomic E-state index is 0.158. The van der Waals surface area contributed by atoms with Crippen LogP contribution in [0.4, 0.5) is 0 Å². The van der Waals surface area contributed by atoms with Crippen LogP contribution in [0.15, 0.2) is 6.20 Å². The van der Waals surface area contributed by atoms with Crippen LogP contribution in [0.25, 0.3) is 0 Å². The minimum absolute atomic E-state index is 0.158. The molecule has 1 aromatic heterocycles. The second-order valence-electron chi connectivity index (χ2n) is 5.75. The summed E-state index contributed by atoms with van der Waals surface area (Å²) in [4.78, 5) is 14.5. The number of aryl methyl sites for hydroxylation is 1. The first-order valence-electron chi connectivity index (χ1n) is 7.05. The Morgan fingerprint density at radius 1 is 1.33 bits per heavy atom. The maximum absolute atomic E-state index is 12.4. The van der Waals surface area contributed by atoms with Crippen molar-refractivity contribution in [3.63, 3.8) is 0 Å². The zero-order chi connectivity index (χ0) is 12.5. The maximum atomic E-state index is 12.4. The molecule has 1 N–H and O–H groups in total. The van der Waals surface area contributed by atoms with Gasteiger partial charge in [-0.25, -0.2) is 0 Å². The highest BCUT2D eigenvalue weighted by molar-refractivity contribution is 5.95. The monoisotopic (exact) mass is 247 g/mol. The fourth-order valence-corrected chi connectivity index (χ4v) is 3.52. The number of amides is 1. The summed E-state index contributed by atoms with van der Waals surface area (Å²) >= 11 is 0. The molecule has 2 aliphatic rings. The molecule has 2 atom stereocenters. The van der Waals surface area contributed by atoms with E-state index in [0.717, 1.165) is 36.2 Å². The van der Waals surface area contributed by atoms with Crippen LogP contribution in [0.1, 0.15) is 48.2 Å². The van der Waals surface area contributed by atoms with Crippen LogP contribution in [-0.2, 0) is 0 Å². The van der Waals surface area contributed by atoms with Crippen molar-refractivity contribution in [2.75, 3.05) is 13.1 Å². The lowest BCUT2D eigenvalue weighted by atomic mass is 9.75. The summed E-state index contributed by atoms with van der Waals surface area (Å²) in [5.41, 5.74) is 1.62. The number of hydrogen-bond donors (Lipinski definition) is 1. The first kappa shape index (κ1) is 11.8. The summed E-state index contributed by atoms with van der Waals surface area (Å²) in [7, 11) is 0. The number of carbonyl (C=O) groups excluding carboxylic acids is 1. The van der Waals surface area contributed by atoms with E-state index in [1.54, 1.807) is 6.20 Å². The topological polar surface area (TPSA) is 49.0 Å². The number of H-pyrrole nitrogens is 1. The van der Waals surface area contributed by atoms with Gasteiger partial charge in [0.2, 0.25) is 0 Å². The third-order valence-corrected chi connectivity index (χ3v) is 4.64. The molecular formula is C14H21N3O. The number of carbonyl (C=O) groups is 1.